The molecule has 0 saturated heterocycles. The molecule has 168 valence electrons. The van der Waals surface area contributed by atoms with E-state index in [4.69, 9.17) is 16.3 Å². The molecule has 0 unspecified atom stereocenters. The number of amides is 2. The van der Waals surface area contributed by atoms with E-state index in [9.17, 15) is 31.1 Å². The van der Waals surface area contributed by atoms with Crippen LogP contribution in [0.2, 0.25) is 5.02 Å². The van der Waals surface area contributed by atoms with Gasteiger partial charge in [-0.3, -0.25) is 0 Å². The van der Waals surface area contributed by atoms with Crippen LogP contribution in [0.3, 0.4) is 0 Å². The first-order valence-corrected chi connectivity index (χ1v) is 9.19. The fourth-order valence-corrected chi connectivity index (χ4v) is 2.69. The fourth-order valence-electron chi connectivity index (χ4n) is 2.57. The molecular weight excluding hydrogens is 462 g/mol. The molecule has 3 rings (SSSR count). The lowest BCUT2D eigenvalue weighted by Crippen LogP contribution is -2.20. The van der Waals surface area contributed by atoms with Gasteiger partial charge >= 0.3 is 18.4 Å². The summed E-state index contributed by atoms with van der Waals surface area (Å²) in [5, 5.41) is 4.83. The minimum absolute atomic E-state index is 0.0253. The van der Waals surface area contributed by atoms with E-state index in [1.165, 1.54) is 24.3 Å². The Hall–Kier alpha value is -3.40. The van der Waals surface area contributed by atoms with E-state index in [1.807, 2.05) is 5.32 Å². The average Bonchev–Trinajstić information content (AvgIpc) is 2.69. The van der Waals surface area contributed by atoms with Gasteiger partial charge in [-0.25, -0.2) is 4.79 Å². The van der Waals surface area contributed by atoms with E-state index in [2.05, 4.69) is 5.32 Å². The number of hydrogen-bond donors (Lipinski definition) is 2. The van der Waals surface area contributed by atoms with Crippen molar-refractivity contribution in [2.45, 2.75) is 12.4 Å². The number of alkyl halides is 6. The van der Waals surface area contributed by atoms with Crippen molar-refractivity contribution in [3.63, 3.8) is 0 Å². The number of halogens is 7. The Bertz CT molecular complexity index is 1070. The normalized spacial score (nSPS) is 11.7. The molecular formula is C21H13ClF6N2O2. The van der Waals surface area contributed by atoms with Gasteiger partial charge in [-0.2, -0.15) is 26.3 Å². The van der Waals surface area contributed by atoms with Crippen LogP contribution in [0.25, 0.3) is 0 Å². The minimum Gasteiger partial charge on any atom is -0.457 e. The summed E-state index contributed by atoms with van der Waals surface area (Å²) >= 11 is 5.79. The number of urea groups is 1. The third-order valence-corrected chi connectivity index (χ3v) is 4.26. The molecule has 0 fully saturated rings. The van der Waals surface area contributed by atoms with Crippen LogP contribution < -0.4 is 15.4 Å². The molecule has 0 aliphatic heterocycles. The molecule has 3 aromatic carbocycles. The largest absolute Gasteiger partial charge is 0.457 e. The summed E-state index contributed by atoms with van der Waals surface area (Å²) in [6.07, 6.45) is -10.0. The number of hydrogen-bond acceptors (Lipinski definition) is 2. The fraction of sp³-hybridized carbons (Fsp3) is 0.0952. The van der Waals surface area contributed by atoms with E-state index >= 15 is 0 Å². The predicted molar refractivity (Wildman–Crippen MR) is 107 cm³/mol. The Labute approximate surface area is 182 Å². The quantitative estimate of drug-likeness (QED) is 0.379. The van der Waals surface area contributed by atoms with Crippen molar-refractivity contribution < 1.29 is 35.9 Å². The average molecular weight is 475 g/mol. The molecule has 0 aromatic heterocycles. The minimum atomic E-state index is -5.02. The molecule has 0 aliphatic carbocycles. The lowest BCUT2D eigenvalue weighted by molar-refractivity contribution is -0.143. The number of rotatable bonds is 4. The molecule has 32 heavy (non-hydrogen) atoms. The van der Waals surface area contributed by atoms with Crippen LogP contribution in [0.1, 0.15) is 11.1 Å². The van der Waals surface area contributed by atoms with Crippen LogP contribution in [0, 0.1) is 0 Å². The molecule has 4 nitrogen and oxygen atoms in total. The first-order valence-electron chi connectivity index (χ1n) is 8.81. The molecule has 0 bridgehead atoms. The van der Waals surface area contributed by atoms with E-state index in [0.717, 1.165) is 0 Å². The van der Waals surface area contributed by atoms with Crippen molar-refractivity contribution in [1.82, 2.24) is 0 Å². The molecule has 0 spiro atoms. The summed E-state index contributed by atoms with van der Waals surface area (Å²) < 4.78 is 83.1. The van der Waals surface area contributed by atoms with Gasteiger partial charge in [-0.15, -0.1) is 0 Å². The number of carbonyl (C=O) groups excluding carboxylic acids is 1. The van der Waals surface area contributed by atoms with E-state index in [1.54, 1.807) is 24.3 Å². The van der Waals surface area contributed by atoms with Gasteiger partial charge in [0.05, 0.1) is 11.1 Å². The van der Waals surface area contributed by atoms with Crippen LogP contribution in [0.5, 0.6) is 11.5 Å². The molecule has 0 radical (unpaired) electrons. The zero-order valence-electron chi connectivity index (χ0n) is 15.8. The highest BCUT2D eigenvalue weighted by atomic mass is 35.5. The molecule has 11 heteroatoms. The third-order valence-electron chi connectivity index (χ3n) is 4.01. The van der Waals surface area contributed by atoms with Gasteiger partial charge in [0.15, 0.2) is 0 Å². The second-order valence-corrected chi connectivity index (χ2v) is 6.89. The van der Waals surface area contributed by atoms with Crippen LogP contribution in [-0.2, 0) is 12.4 Å². The summed E-state index contributed by atoms with van der Waals surface area (Å²) in [6, 6.07) is 12.2. The molecule has 0 heterocycles. The summed E-state index contributed by atoms with van der Waals surface area (Å²) in [7, 11) is 0. The highest BCUT2D eigenvalue weighted by Gasteiger charge is 2.37. The van der Waals surface area contributed by atoms with E-state index < -0.39 is 35.2 Å². The maximum atomic E-state index is 12.9. The maximum absolute atomic E-state index is 12.9. The zero-order chi connectivity index (χ0) is 23.5. The maximum Gasteiger partial charge on any atom is 0.416 e. The predicted octanol–water partition coefficient (Wildman–Crippen LogP) is 7.81. The van der Waals surface area contributed by atoms with Gasteiger partial charge in [-0.1, -0.05) is 11.6 Å². The zero-order valence-corrected chi connectivity index (χ0v) is 16.6. The van der Waals surface area contributed by atoms with Crippen molar-refractivity contribution >= 4 is 29.0 Å². The van der Waals surface area contributed by atoms with Gasteiger partial charge < -0.3 is 15.4 Å². The smallest absolute Gasteiger partial charge is 0.416 e. The monoisotopic (exact) mass is 474 g/mol. The molecule has 0 atom stereocenters. The van der Waals surface area contributed by atoms with E-state index in [0.29, 0.717) is 28.7 Å². The summed E-state index contributed by atoms with van der Waals surface area (Å²) in [5.74, 6) is 0.934. The highest BCUT2D eigenvalue weighted by Crippen LogP contribution is 2.37. The van der Waals surface area contributed by atoms with Gasteiger partial charge in [0.1, 0.15) is 11.5 Å². The number of nitrogens with one attached hydrogen (secondary N) is 2. The lowest BCUT2D eigenvalue weighted by Gasteiger charge is -2.15. The molecule has 2 amide bonds. The standard InChI is InChI=1S/C21H13ClF6N2O2/c22-14-1-5-17(6-2-14)32-18-7-3-15(4-8-18)29-19(31)30-16-10-12(20(23,24)25)9-13(11-16)21(26,27)28/h1-11H,(H2,29,30,31). The number of ether oxygens (including phenoxy) is 1. The Kier molecular flexibility index (Phi) is 6.54. The van der Waals surface area contributed by atoms with Crippen LogP contribution in [0.15, 0.2) is 66.7 Å². The Morgan fingerprint density at radius 1 is 0.688 bits per heavy atom. The molecule has 0 aliphatic rings. The van der Waals surface area contributed by atoms with Gasteiger partial charge in [0, 0.05) is 16.4 Å². The van der Waals surface area contributed by atoms with Gasteiger partial charge in [-0.05, 0) is 66.7 Å². The SMILES string of the molecule is O=C(Nc1ccc(Oc2ccc(Cl)cc2)cc1)Nc1cc(C(F)(F)F)cc(C(F)(F)F)c1. The van der Waals surface area contributed by atoms with E-state index in [-0.39, 0.29) is 11.8 Å². The number of benzene rings is 3. The van der Waals surface area contributed by atoms with Crippen molar-refractivity contribution in [2.75, 3.05) is 10.6 Å². The second-order valence-electron chi connectivity index (χ2n) is 6.45. The summed E-state index contributed by atoms with van der Waals surface area (Å²) in [5.41, 5.74) is -3.50. The van der Waals surface area contributed by atoms with Crippen molar-refractivity contribution in [1.29, 1.82) is 0 Å². The summed E-state index contributed by atoms with van der Waals surface area (Å²) in [6.45, 7) is 0. The Balaban J connectivity index is 1.69. The van der Waals surface area contributed by atoms with Crippen molar-refractivity contribution in [3.8, 4) is 11.5 Å². The first-order chi connectivity index (χ1) is 14.9. The number of anilines is 2. The summed E-state index contributed by atoms with van der Waals surface area (Å²) in [4.78, 5) is 12.1. The molecule has 3 aromatic rings. The van der Waals surface area contributed by atoms with Crippen molar-refractivity contribution in [2.24, 2.45) is 0 Å². The second kappa shape index (κ2) is 8.99. The van der Waals surface area contributed by atoms with Gasteiger partial charge in [0.25, 0.3) is 0 Å². The lowest BCUT2D eigenvalue weighted by atomic mass is 10.1. The number of carbonyl (C=O) groups is 1. The molecule has 0 saturated carbocycles. The van der Waals surface area contributed by atoms with Gasteiger partial charge in [0.2, 0.25) is 0 Å². The van der Waals surface area contributed by atoms with Crippen LogP contribution in [-0.4, -0.2) is 6.03 Å². The third kappa shape index (κ3) is 6.30. The van der Waals surface area contributed by atoms with Crippen molar-refractivity contribution in [3.05, 3.63) is 82.9 Å². The molecule has 2 N–H and O–H groups in total. The highest BCUT2D eigenvalue weighted by molar-refractivity contribution is 6.30. The Morgan fingerprint density at radius 2 is 1.12 bits per heavy atom. The topological polar surface area (TPSA) is 50.4 Å². The van der Waals surface area contributed by atoms with Crippen LogP contribution in [0.4, 0.5) is 42.5 Å². The van der Waals surface area contributed by atoms with Crippen LogP contribution >= 0.6 is 11.6 Å². The Morgan fingerprint density at radius 3 is 1.59 bits per heavy atom. The first kappa shape index (κ1) is 23.3.